The van der Waals surface area contributed by atoms with Gasteiger partial charge in [0.05, 0.1) is 18.6 Å². The number of carbonyl (C=O) groups is 3. The Hall–Kier alpha value is -3.17. The van der Waals surface area contributed by atoms with Gasteiger partial charge in [0, 0.05) is 17.7 Å². The monoisotopic (exact) mass is 367 g/mol. The second kappa shape index (κ2) is 9.35. The van der Waals surface area contributed by atoms with Crippen molar-refractivity contribution in [1.29, 1.82) is 0 Å². The van der Waals surface area contributed by atoms with Crippen LogP contribution >= 0.6 is 0 Å². The topological polar surface area (TPSA) is 148 Å². The first-order chi connectivity index (χ1) is 12.1. The average Bonchev–Trinajstić information content (AvgIpc) is 2.57. The maximum atomic E-state index is 12.1. The highest BCUT2D eigenvalue weighted by atomic mass is 16.6. The van der Waals surface area contributed by atoms with Crippen molar-refractivity contribution in [3.63, 3.8) is 0 Å². The summed E-state index contributed by atoms with van der Waals surface area (Å²) in [5, 5.41) is 24.6. The molecule has 0 aliphatic heterocycles. The van der Waals surface area contributed by atoms with Crippen molar-refractivity contribution in [2.24, 2.45) is 5.92 Å². The zero-order valence-corrected chi connectivity index (χ0v) is 14.6. The molecule has 26 heavy (non-hydrogen) atoms. The number of ether oxygens (including phenoxy) is 1. The van der Waals surface area contributed by atoms with E-state index in [1.165, 1.54) is 19.2 Å². The zero-order valence-electron chi connectivity index (χ0n) is 14.6. The predicted molar refractivity (Wildman–Crippen MR) is 91.0 cm³/mol. The third kappa shape index (κ3) is 6.04. The van der Waals surface area contributed by atoms with Gasteiger partial charge in [-0.25, -0.2) is 4.79 Å². The number of nitro benzene ring substituents is 1. The molecule has 3 N–H and O–H groups in total. The number of carbonyl (C=O) groups excluding carboxylic acids is 2. The molecule has 1 aromatic rings. The molecule has 0 aliphatic carbocycles. The van der Waals surface area contributed by atoms with Crippen LogP contribution in [0, 0.1) is 16.0 Å². The summed E-state index contributed by atoms with van der Waals surface area (Å²) in [6.07, 6.45) is 0.259. The number of nitrogens with one attached hydrogen (secondary N) is 2. The fraction of sp³-hybridized carbons (Fsp3) is 0.438. The minimum Gasteiger partial charge on any atom is -0.490 e. The molecule has 0 bridgehead atoms. The van der Waals surface area contributed by atoms with Gasteiger partial charge in [0.2, 0.25) is 5.91 Å². The number of amides is 2. The second-order valence-corrected chi connectivity index (χ2v) is 5.91. The fourth-order valence-electron chi connectivity index (χ4n) is 2.17. The molecule has 1 rings (SSSR count). The Morgan fingerprint density at radius 1 is 1.31 bits per heavy atom. The summed E-state index contributed by atoms with van der Waals surface area (Å²) in [7, 11) is 1.23. The number of rotatable bonds is 9. The van der Waals surface area contributed by atoms with E-state index in [9.17, 15) is 24.5 Å². The molecule has 0 saturated carbocycles. The zero-order chi connectivity index (χ0) is 19.9. The maximum Gasteiger partial charge on any atom is 0.326 e. The number of carboxylic acids is 1. The van der Waals surface area contributed by atoms with Crippen LogP contribution in [0.25, 0.3) is 0 Å². The van der Waals surface area contributed by atoms with Crippen LogP contribution in [0.2, 0.25) is 0 Å². The smallest absolute Gasteiger partial charge is 0.326 e. The molecule has 0 saturated heterocycles. The number of hydrogen-bond acceptors (Lipinski definition) is 6. The van der Waals surface area contributed by atoms with E-state index in [1.807, 2.05) is 13.8 Å². The van der Waals surface area contributed by atoms with Gasteiger partial charge in [0.1, 0.15) is 6.04 Å². The van der Waals surface area contributed by atoms with Crippen molar-refractivity contribution in [1.82, 2.24) is 10.6 Å². The van der Waals surface area contributed by atoms with Crippen molar-refractivity contribution in [3.05, 3.63) is 33.9 Å². The molecule has 0 spiro atoms. The lowest BCUT2D eigenvalue weighted by atomic mass is 10.0. The van der Waals surface area contributed by atoms with E-state index in [2.05, 4.69) is 10.6 Å². The Bertz CT molecular complexity index is 703. The molecule has 1 atom stereocenters. The summed E-state index contributed by atoms with van der Waals surface area (Å²) in [6.45, 7) is 3.22. The molecule has 142 valence electrons. The number of aliphatic carboxylic acids is 1. The van der Waals surface area contributed by atoms with Crippen LogP contribution in [0.5, 0.6) is 5.75 Å². The first-order valence-corrected chi connectivity index (χ1v) is 7.78. The van der Waals surface area contributed by atoms with E-state index in [0.717, 1.165) is 6.07 Å². The van der Waals surface area contributed by atoms with E-state index in [-0.39, 0.29) is 29.3 Å². The summed E-state index contributed by atoms with van der Waals surface area (Å²) >= 11 is 0. The van der Waals surface area contributed by atoms with Crippen molar-refractivity contribution in [2.45, 2.75) is 26.3 Å². The van der Waals surface area contributed by atoms with Crippen LogP contribution in [-0.4, -0.2) is 47.5 Å². The summed E-state index contributed by atoms with van der Waals surface area (Å²) in [6, 6.07) is 2.49. The lowest BCUT2D eigenvalue weighted by Crippen LogP contribution is -2.46. The van der Waals surface area contributed by atoms with Gasteiger partial charge >= 0.3 is 11.7 Å². The molecule has 0 radical (unpaired) electrons. The Morgan fingerprint density at radius 2 is 1.96 bits per heavy atom. The van der Waals surface area contributed by atoms with Crippen LogP contribution in [-0.2, 0) is 9.59 Å². The maximum absolute atomic E-state index is 12.1. The second-order valence-electron chi connectivity index (χ2n) is 5.91. The normalized spacial score (nSPS) is 11.5. The minimum atomic E-state index is -1.15. The van der Waals surface area contributed by atoms with Gasteiger partial charge in [-0.2, -0.15) is 0 Å². The van der Waals surface area contributed by atoms with E-state index < -0.39 is 35.3 Å². The Balaban J connectivity index is 2.69. The molecule has 0 aromatic heterocycles. The number of benzene rings is 1. The molecule has 1 aromatic carbocycles. The molecule has 0 unspecified atom stereocenters. The van der Waals surface area contributed by atoms with Crippen molar-refractivity contribution in [2.75, 3.05) is 13.7 Å². The van der Waals surface area contributed by atoms with Gasteiger partial charge in [-0.15, -0.1) is 0 Å². The Morgan fingerprint density at radius 3 is 2.46 bits per heavy atom. The highest BCUT2D eigenvalue weighted by molar-refractivity contribution is 5.97. The van der Waals surface area contributed by atoms with Gasteiger partial charge < -0.3 is 20.5 Å². The molecular weight excluding hydrogens is 346 g/mol. The fourth-order valence-corrected chi connectivity index (χ4v) is 2.17. The summed E-state index contributed by atoms with van der Waals surface area (Å²) in [5.41, 5.74) is -0.225. The number of methoxy groups -OCH3 is 1. The molecule has 10 nitrogen and oxygen atoms in total. The van der Waals surface area contributed by atoms with Crippen molar-refractivity contribution >= 4 is 23.5 Å². The Labute approximate surface area is 149 Å². The quantitative estimate of drug-likeness (QED) is 0.434. The van der Waals surface area contributed by atoms with Gasteiger partial charge in [-0.1, -0.05) is 13.8 Å². The Kier molecular flexibility index (Phi) is 7.51. The summed E-state index contributed by atoms with van der Waals surface area (Å²) in [5.74, 6) is -2.48. The van der Waals surface area contributed by atoms with Crippen LogP contribution in [0.4, 0.5) is 5.69 Å². The van der Waals surface area contributed by atoms with Gasteiger partial charge in [0.25, 0.3) is 5.91 Å². The molecule has 0 fully saturated rings. The highest BCUT2D eigenvalue weighted by Crippen LogP contribution is 2.27. The number of nitrogens with zero attached hydrogens (tertiary/aromatic N) is 1. The van der Waals surface area contributed by atoms with Gasteiger partial charge in [0.15, 0.2) is 5.75 Å². The highest BCUT2D eigenvalue weighted by Gasteiger charge is 2.22. The molecule has 2 amide bonds. The lowest BCUT2D eigenvalue weighted by molar-refractivity contribution is -0.385. The average molecular weight is 367 g/mol. The molecular formula is C16H21N3O7. The summed E-state index contributed by atoms with van der Waals surface area (Å²) in [4.78, 5) is 45.2. The van der Waals surface area contributed by atoms with E-state index in [0.29, 0.717) is 0 Å². The largest absolute Gasteiger partial charge is 0.490 e. The van der Waals surface area contributed by atoms with Crippen LogP contribution in [0.15, 0.2) is 18.2 Å². The number of carboxylic acid groups (broad SMARTS) is 1. The first kappa shape index (κ1) is 20.9. The van der Waals surface area contributed by atoms with Gasteiger partial charge in [-0.3, -0.25) is 19.7 Å². The summed E-state index contributed by atoms with van der Waals surface area (Å²) < 4.78 is 4.87. The van der Waals surface area contributed by atoms with E-state index in [4.69, 9.17) is 9.84 Å². The molecule has 0 heterocycles. The number of hydrogen-bond donors (Lipinski definition) is 3. The van der Waals surface area contributed by atoms with E-state index in [1.54, 1.807) is 0 Å². The third-order valence-electron chi connectivity index (χ3n) is 3.39. The SMILES string of the molecule is COc1cc(C(=O)NCC(=O)N[C@@H](CC(C)C)C(=O)O)ccc1[N+](=O)[O-]. The number of nitro groups is 1. The standard InChI is InChI=1S/C16H21N3O7/c1-9(2)6-11(16(22)23)18-14(20)8-17-15(21)10-4-5-12(19(24)25)13(7-10)26-3/h4-5,7,9,11H,6,8H2,1-3H3,(H,17,21)(H,18,20)(H,22,23)/t11-/m0/s1. The third-order valence-corrected chi connectivity index (χ3v) is 3.39. The predicted octanol–water partition coefficient (Wildman–Crippen LogP) is 0.949. The lowest BCUT2D eigenvalue weighted by Gasteiger charge is -2.16. The van der Waals surface area contributed by atoms with Crippen molar-refractivity contribution < 1.29 is 29.2 Å². The minimum absolute atomic E-state index is 0.0669. The van der Waals surface area contributed by atoms with Crippen molar-refractivity contribution in [3.8, 4) is 5.75 Å². The molecule has 10 heteroatoms. The van der Waals surface area contributed by atoms with Gasteiger partial charge in [-0.05, 0) is 18.4 Å². The van der Waals surface area contributed by atoms with Crippen LogP contribution in [0.1, 0.15) is 30.6 Å². The first-order valence-electron chi connectivity index (χ1n) is 7.78. The van der Waals surface area contributed by atoms with Crippen LogP contribution < -0.4 is 15.4 Å². The van der Waals surface area contributed by atoms with Crippen LogP contribution in [0.3, 0.4) is 0 Å². The van der Waals surface area contributed by atoms with E-state index >= 15 is 0 Å². The molecule has 0 aliphatic rings.